The fourth-order valence-corrected chi connectivity index (χ4v) is 0.144. The molecule has 48 valence electrons. The van der Waals surface area contributed by atoms with Gasteiger partial charge in [0, 0.05) is 6.42 Å². The minimum Gasteiger partial charge on any atom is -0.544 e. The van der Waals surface area contributed by atoms with Crippen LogP contribution in [0.3, 0.4) is 0 Å². The number of alkyl halides is 1. The molecule has 0 aromatic carbocycles. The van der Waals surface area contributed by atoms with E-state index in [1.807, 2.05) is 0 Å². The van der Waals surface area contributed by atoms with Crippen molar-refractivity contribution in [2.24, 2.45) is 0 Å². The van der Waals surface area contributed by atoms with Crippen LogP contribution in [0.4, 0.5) is 4.39 Å². The Labute approximate surface area is 45.7 Å². The predicted molar refractivity (Wildman–Crippen MR) is 21.4 cm³/mol. The van der Waals surface area contributed by atoms with E-state index in [1.54, 1.807) is 0 Å². The van der Waals surface area contributed by atoms with Gasteiger partial charge in [-0.15, -0.1) is 0 Å². The Morgan fingerprint density at radius 3 is 2.38 bits per heavy atom. The maximum atomic E-state index is 11.8. The van der Waals surface area contributed by atoms with Crippen LogP contribution in [-0.2, 0) is 4.79 Å². The first-order chi connectivity index (χ1) is 3.50. The number of carboxylic acids is 1. The molecule has 0 radical (unpaired) electrons. The quantitative estimate of drug-likeness (QED) is 0.499. The van der Waals surface area contributed by atoms with E-state index >= 15 is 0 Å². The maximum Gasteiger partial charge on any atom is 0.247 e. The minimum atomic E-state index is -3.15. The molecule has 0 amide bonds. The van der Waals surface area contributed by atoms with E-state index in [-0.39, 0.29) is 0 Å². The van der Waals surface area contributed by atoms with Gasteiger partial charge in [0.05, 0.1) is 0 Å². The highest BCUT2D eigenvalue weighted by molar-refractivity contribution is 5.72. The normalized spacial score (nSPS) is 17.4. The Balaban J connectivity index is 3.91. The molecule has 0 aromatic rings. The van der Waals surface area contributed by atoms with E-state index in [1.165, 1.54) is 6.92 Å². The van der Waals surface area contributed by atoms with Crippen LogP contribution >= 0.6 is 0 Å². The van der Waals surface area contributed by atoms with Crippen LogP contribution in [0.5, 0.6) is 0 Å². The molecule has 0 aliphatic heterocycles. The minimum absolute atomic E-state index is 0.491. The zero-order valence-corrected chi connectivity index (χ0v) is 4.35. The van der Waals surface area contributed by atoms with Crippen LogP contribution in [0.15, 0.2) is 0 Å². The molecular weight excluding hydrogens is 115 g/mol. The van der Waals surface area contributed by atoms with Gasteiger partial charge < -0.3 is 15.0 Å². The number of carboxylic acid groups (broad SMARTS) is 1. The molecule has 3 nitrogen and oxygen atoms in total. The Morgan fingerprint density at radius 1 is 2.00 bits per heavy atom. The summed E-state index contributed by atoms with van der Waals surface area (Å²) in [6.07, 6.45) is -0.491. The van der Waals surface area contributed by atoms with Crippen LogP contribution in [0.1, 0.15) is 13.3 Å². The van der Waals surface area contributed by atoms with Crippen LogP contribution in [-0.4, -0.2) is 16.9 Å². The van der Waals surface area contributed by atoms with Gasteiger partial charge in [0.2, 0.25) is 5.85 Å². The SMILES string of the molecule is CCC(O)(F)C(=O)[O-]. The van der Waals surface area contributed by atoms with E-state index in [2.05, 4.69) is 0 Å². The summed E-state index contributed by atoms with van der Waals surface area (Å²) in [6, 6.07) is 0. The molecule has 0 aliphatic carbocycles. The van der Waals surface area contributed by atoms with Gasteiger partial charge in [0.1, 0.15) is 5.97 Å². The monoisotopic (exact) mass is 121 g/mol. The fraction of sp³-hybridized carbons (Fsp3) is 0.750. The first-order valence-electron chi connectivity index (χ1n) is 2.13. The van der Waals surface area contributed by atoms with Crippen molar-refractivity contribution in [1.29, 1.82) is 0 Å². The Kier molecular flexibility index (Phi) is 1.92. The summed E-state index contributed by atoms with van der Waals surface area (Å²) in [4.78, 5) is 9.52. The summed E-state index contributed by atoms with van der Waals surface area (Å²) in [5.41, 5.74) is 0. The van der Waals surface area contributed by atoms with Gasteiger partial charge in [-0.1, -0.05) is 6.92 Å². The van der Waals surface area contributed by atoms with Crippen molar-refractivity contribution in [3.8, 4) is 0 Å². The van der Waals surface area contributed by atoms with Gasteiger partial charge in [-0.25, -0.2) is 4.39 Å². The first kappa shape index (κ1) is 7.36. The smallest absolute Gasteiger partial charge is 0.247 e. The third-order valence-electron chi connectivity index (χ3n) is 0.781. The van der Waals surface area contributed by atoms with E-state index in [0.717, 1.165) is 0 Å². The molecular formula is C4H6FO3-. The first-order valence-corrected chi connectivity index (χ1v) is 2.13. The molecule has 0 spiro atoms. The highest BCUT2D eigenvalue weighted by Crippen LogP contribution is 2.08. The lowest BCUT2D eigenvalue weighted by Gasteiger charge is -2.16. The van der Waals surface area contributed by atoms with Crippen LogP contribution in [0.25, 0.3) is 0 Å². The van der Waals surface area contributed by atoms with Crippen LogP contribution in [0.2, 0.25) is 0 Å². The summed E-state index contributed by atoms with van der Waals surface area (Å²) in [7, 11) is 0. The molecule has 1 N–H and O–H groups in total. The molecule has 1 atom stereocenters. The Bertz CT molecular complexity index is 99.5. The summed E-state index contributed by atoms with van der Waals surface area (Å²) < 4.78 is 11.8. The zero-order chi connectivity index (χ0) is 6.78. The van der Waals surface area contributed by atoms with Crippen molar-refractivity contribution in [2.75, 3.05) is 0 Å². The molecule has 8 heavy (non-hydrogen) atoms. The van der Waals surface area contributed by atoms with E-state index < -0.39 is 18.2 Å². The number of hydrogen-bond donors (Lipinski definition) is 1. The summed E-state index contributed by atoms with van der Waals surface area (Å²) in [5, 5.41) is 17.6. The number of rotatable bonds is 2. The molecule has 0 heterocycles. The van der Waals surface area contributed by atoms with Crippen molar-refractivity contribution < 1.29 is 19.4 Å². The number of aliphatic hydroxyl groups is 1. The molecule has 0 aliphatic rings. The largest absolute Gasteiger partial charge is 0.544 e. The van der Waals surface area contributed by atoms with Crippen molar-refractivity contribution >= 4 is 5.97 Å². The standard InChI is InChI=1S/C4H7FO3/c1-2-4(5,8)3(6)7/h8H,2H2,1H3,(H,6,7)/p-1. The van der Waals surface area contributed by atoms with Gasteiger partial charge in [-0.3, -0.25) is 0 Å². The molecule has 0 rings (SSSR count). The molecule has 1 unspecified atom stereocenters. The molecule has 0 saturated carbocycles. The van der Waals surface area contributed by atoms with Crippen molar-refractivity contribution in [3.05, 3.63) is 0 Å². The van der Waals surface area contributed by atoms with Crippen molar-refractivity contribution in [1.82, 2.24) is 0 Å². The number of hydrogen-bond acceptors (Lipinski definition) is 3. The average Bonchev–Trinajstić information content (AvgIpc) is 1.67. The second-order valence-corrected chi connectivity index (χ2v) is 1.40. The molecule has 0 bridgehead atoms. The second kappa shape index (κ2) is 2.09. The molecule has 0 aromatic heterocycles. The summed E-state index contributed by atoms with van der Waals surface area (Å²) >= 11 is 0. The lowest BCUT2D eigenvalue weighted by Crippen LogP contribution is -2.44. The number of carbonyl (C=O) groups excluding carboxylic acids is 1. The van der Waals surface area contributed by atoms with Crippen LogP contribution in [0, 0.1) is 0 Å². The summed E-state index contributed by atoms with van der Waals surface area (Å²) in [6.45, 7) is 1.20. The third-order valence-corrected chi connectivity index (χ3v) is 0.781. The Hall–Kier alpha value is -0.640. The molecule has 0 saturated heterocycles. The number of halogens is 1. The highest BCUT2D eigenvalue weighted by atomic mass is 19.2. The maximum absolute atomic E-state index is 11.8. The van der Waals surface area contributed by atoms with Crippen molar-refractivity contribution in [2.45, 2.75) is 19.2 Å². The number of carbonyl (C=O) groups is 1. The number of aliphatic carboxylic acids is 1. The summed E-state index contributed by atoms with van der Waals surface area (Å²) in [5.74, 6) is -5.24. The molecule has 4 heteroatoms. The topological polar surface area (TPSA) is 60.4 Å². The van der Waals surface area contributed by atoms with Gasteiger partial charge in [-0.05, 0) is 0 Å². The highest BCUT2D eigenvalue weighted by Gasteiger charge is 2.24. The van der Waals surface area contributed by atoms with Crippen molar-refractivity contribution in [3.63, 3.8) is 0 Å². The van der Waals surface area contributed by atoms with Gasteiger partial charge in [0.25, 0.3) is 0 Å². The van der Waals surface area contributed by atoms with E-state index in [4.69, 9.17) is 5.11 Å². The third kappa shape index (κ3) is 1.46. The lowest BCUT2D eigenvalue weighted by molar-refractivity contribution is -0.337. The molecule has 0 fully saturated rings. The second-order valence-electron chi connectivity index (χ2n) is 1.40. The van der Waals surface area contributed by atoms with E-state index in [9.17, 15) is 14.3 Å². The Morgan fingerprint density at radius 2 is 2.38 bits per heavy atom. The van der Waals surface area contributed by atoms with Gasteiger partial charge in [-0.2, -0.15) is 0 Å². The average molecular weight is 121 g/mol. The van der Waals surface area contributed by atoms with E-state index in [0.29, 0.717) is 0 Å². The fourth-order valence-electron chi connectivity index (χ4n) is 0.144. The lowest BCUT2D eigenvalue weighted by atomic mass is 10.2. The van der Waals surface area contributed by atoms with Crippen LogP contribution < -0.4 is 5.11 Å². The predicted octanol–water partition coefficient (Wildman–Crippen LogP) is -1.20. The zero-order valence-electron chi connectivity index (χ0n) is 4.35. The van der Waals surface area contributed by atoms with Gasteiger partial charge in [0.15, 0.2) is 0 Å². The van der Waals surface area contributed by atoms with Gasteiger partial charge >= 0.3 is 0 Å².